The van der Waals surface area contributed by atoms with Gasteiger partial charge in [-0.3, -0.25) is 14.3 Å². The van der Waals surface area contributed by atoms with Crippen molar-refractivity contribution in [1.29, 1.82) is 0 Å². The highest BCUT2D eigenvalue weighted by Crippen LogP contribution is 2.36. The highest BCUT2D eigenvalue weighted by molar-refractivity contribution is 6.30. The first-order valence-electron chi connectivity index (χ1n) is 11.2. The molecule has 1 amide bonds. The number of aromatic nitrogens is 2. The topological polar surface area (TPSA) is 97.1 Å². The molecule has 0 spiro atoms. The molecule has 2 aromatic carbocycles. The van der Waals surface area contributed by atoms with Crippen molar-refractivity contribution in [3.05, 3.63) is 64.8 Å². The van der Waals surface area contributed by atoms with Crippen LogP contribution in [0.3, 0.4) is 0 Å². The molecule has 3 aromatic rings. The lowest BCUT2D eigenvalue weighted by Gasteiger charge is -2.39. The molecule has 0 saturated carbocycles. The number of nitrogens with zero attached hydrogens (tertiary/aromatic N) is 4. The molecule has 2 heterocycles. The minimum absolute atomic E-state index is 0.0103. The molecular weight excluding hydrogens is 517 g/mol. The minimum atomic E-state index is -4.89. The monoisotopic (exact) mass is 538 g/mol. The van der Waals surface area contributed by atoms with Gasteiger partial charge in [0.2, 0.25) is 6.35 Å². The molecule has 0 aliphatic carbocycles. The van der Waals surface area contributed by atoms with Crippen LogP contribution >= 0.6 is 11.6 Å². The SMILES string of the molecule is CCN1c2nc(Oc3cccc(OC(F)(F)F)c3)n(Cc3ccc(Cl)cc3)c2C(=O)N(CCC=O)C1O. The van der Waals surface area contributed by atoms with Crippen molar-refractivity contribution >= 4 is 29.6 Å². The van der Waals surface area contributed by atoms with E-state index in [1.54, 1.807) is 31.2 Å². The largest absolute Gasteiger partial charge is 0.573 e. The quantitative estimate of drug-likeness (QED) is 0.403. The number of fused-ring (bicyclic) bond motifs is 1. The molecule has 1 N–H and O–H groups in total. The second-order valence-electron chi connectivity index (χ2n) is 7.99. The predicted octanol–water partition coefficient (Wildman–Crippen LogP) is 4.42. The number of halogens is 4. The molecule has 196 valence electrons. The van der Waals surface area contributed by atoms with Crippen LogP contribution in [0.1, 0.15) is 29.4 Å². The zero-order valence-electron chi connectivity index (χ0n) is 19.5. The van der Waals surface area contributed by atoms with E-state index in [0.29, 0.717) is 11.3 Å². The molecular formula is C24H22ClF3N4O5. The summed E-state index contributed by atoms with van der Waals surface area (Å²) in [6.45, 7) is 2.07. The predicted molar refractivity (Wildman–Crippen MR) is 127 cm³/mol. The minimum Gasteiger partial charge on any atom is -0.425 e. The molecule has 4 rings (SSSR count). The Hall–Kier alpha value is -3.77. The van der Waals surface area contributed by atoms with E-state index in [4.69, 9.17) is 16.3 Å². The Kier molecular flexibility index (Phi) is 7.60. The van der Waals surface area contributed by atoms with Gasteiger partial charge in [-0.2, -0.15) is 4.98 Å². The van der Waals surface area contributed by atoms with Gasteiger partial charge in [-0.25, -0.2) is 0 Å². The number of carbonyl (C=O) groups is 2. The van der Waals surface area contributed by atoms with Gasteiger partial charge >= 0.3 is 12.4 Å². The van der Waals surface area contributed by atoms with E-state index in [9.17, 15) is 27.9 Å². The second-order valence-corrected chi connectivity index (χ2v) is 8.43. The maximum Gasteiger partial charge on any atom is 0.573 e. The summed E-state index contributed by atoms with van der Waals surface area (Å²) in [6.07, 6.45) is -5.61. The van der Waals surface area contributed by atoms with Crippen molar-refractivity contribution in [3.63, 3.8) is 0 Å². The number of alkyl halides is 3. The fraction of sp³-hybridized carbons (Fsp3) is 0.292. The number of carbonyl (C=O) groups excluding carboxylic acids is 2. The fourth-order valence-corrected chi connectivity index (χ4v) is 4.04. The average Bonchev–Trinajstić information content (AvgIpc) is 3.17. The maximum absolute atomic E-state index is 13.5. The van der Waals surface area contributed by atoms with Crippen LogP contribution in [-0.2, 0) is 11.3 Å². The fourth-order valence-electron chi connectivity index (χ4n) is 3.91. The Morgan fingerprint density at radius 3 is 2.49 bits per heavy atom. The van der Waals surface area contributed by atoms with Crippen LogP contribution in [0.2, 0.25) is 5.02 Å². The molecule has 37 heavy (non-hydrogen) atoms. The molecule has 1 aliphatic heterocycles. The van der Waals surface area contributed by atoms with Crippen LogP contribution < -0.4 is 14.4 Å². The maximum atomic E-state index is 13.5. The lowest BCUT2D eigenvalue weighted by atomic mass is 10.2. The van der Waals surface area contributed by atoms with Crippen molar-refractivity contribution in [3.8, 4) is 17.5 Å². The Labute approximate surface area is 214 Å². The van der Waals surface area contributed by atoms with Gasteiger partial charge in [0.05, 0.1) is 6.54 Å². The first-order valence-corrected chi connectivity index (χ1v) is 11.6. The third kappa shape index (κ3) is 5.81. The van der Waals surface area contributed by atoms with Crippen molar-refractivity contribution in [2.24, 2.45) is 0 Å². The van der Waals surface area contributed by atoms with E-state index in [1.807, 2.05) is 0 Å². The number of aliphatic hydroxyl groups excluding tert-OH is 1. The van der Waals surface area contributed by atoms with Crippen molar-refractivity contribution < 1.29 is 37.3 Å². The average molecular weight is 539 g/mol. The molecule has 0 fully saturated rings. The molecule has 1 aromatic heterocycles. The van der Waals surface area contributed by atoms with E-state index in [0.717, 1.165) is 22.6 Å². The van der Waals surface area contributed by atoms with Gasteiger partial charge in [-0.1, -0.05) is 29.8 Å². The molecule has 0 bridgehead atoms. The van der Waals surface area contributed by atoms with E-state index >= 15 is 0 Å². The summed E-state index contributed by atoms with van der Waals surface area (Å²) in [5, 5.41) is 11.3. The van der Waals surface area contributed by atoms with Gasteiger partial charge in [0.15, 0.2) is 11.5 Å². The number of anilines is 1. The molecule has 0 saturated heterocycles. The summed E-state index contributed by atoms with van der Waals surface area (Å²) in [5.74, 6) is -0.962. The van der Waals surface area contributed by atoms with E-state index < -0.39 is 24.4 Å². The lowest BCUT2D eigenvalue weighted by Crippen LogP contribution is -2.56. The van der Waals surface area contributed by atoms with Crippen LogP contribution in [-0.4, -0.2) is 57.6 Å². The Morgan fingerprint density at radius 2 is 1.84 bits per heavy atom. The van der Waals surface area contributed by atoms with Crippen LogP contribution in [0.4, 0.5) is 19.0 Å². The zero-order valence-corrected chi connectivity index (χ0v) is 20.2. The van der Waals surface area contributed by atoms with Crippen molar-refractivity contribution in [1.82, 2.24) is 14.5 Å². The molecule has 0 radical (unpaired) electrons. The molecule has 13 heteroatoms. The van der Waals surface area contributed by atoms with E-state index in [-0.39, 0.29) is 49.3 Å². The number of ether oxygens (including phenoxy) is 2. The van der Waals surface area contributed by atoms with Gasteiger partial charge in [-0.05, 0) is 36.8 Å². The summed E-state index contributed by atoms with van der Waals surface area (Å²) in [7, 11) is 0. The number of imidazole rings is 1. The Morgan fingerprint density at radius 1 is 1.14 bits per heavy atom. The highest BCUT2D eigenvalue weighted by atomic mass is 35.5. The van der Waals surface area contributed by atoms with E-state index in [1.165, 1.54) is 21.6 Å². The summed E-state index contributed by atoms with van der Waals surface area (Å²) in [5.41, 5.74) is 0.815. The number of hydrogen-bond donors (Lipinski definition) is 1. The molecule has 1 aliphatic rings. The molecule has 1 unspecified atom stereocenters. The Bertz CT molecular complexity index is 1280. The number of aliphatic hydroxyl groups is 1. The lowest BCUT2D eigenvalue weighted by molar-refractivity contribution is -0.274. The number of aldehydes is 1. The standard InChI is InChI=1S/C24H22ClF3N4O5/c1-2-30-20-19(21(34)31(23(30)35)11-4-12-33)32(14-15-7-9-16(25)10-8-15)22(29-20)36-17-5-3-6-18(13-17)37-24(26,27)28/h3,5-10,12-13,23,35H,2,4,11,14H2,1H3. The van der Waals surface area contributed by atoms with Crippen molar-refractivity contribution in [2.45, 2.75) is 32.6 Å². The smallest absolute Gasteiger partial charge is 0.425 e. The second kappa shape index (κ2) is 10.7. The number of amides is 1. The van der Waals surface area contributed by atoms with Gasteiger partial charge in [-0.15, -0.1) is 13.2 Å². The van der Waals surface area contributed by atoms with Gasteiger partial charge in [0, 0.05) is 30.6 Å². The summed E-state index contributed by atoms with van der Waals surface area (Å²) >= 11 is 5.99. The highest BCUT2D eigenvalue weighted by Gasteiger charge is 2.41. The summed E-state index contributed by atoms with van der Waals surface area (Å²) < 4.78 is 49.4. The first-order chi connectivity index (χ1) is 17.6. The Balaban J connectivity index is 1.79. The van der Waals surface area contributed by atoms with Crippen LogP contribution in [0.15, 0.2) is 48.5 Å². The summed E-state index contributed by atoms with van der Waals surface area (Å²) in [6, 6.07) is 11.6. The third-order valence-corrected chi connectivity index (χ3v) is 5.79. The number of hydrogen-bond acceptors (Lipinski definition) is 7. The van der Waals surface area contributed by atoms with Crippen LogP contribution in [0.5, 0.6) is 17.5 Å². The normalized spacial score (nSPS) is 15.5. The third-order valence-electron chi connectivity index (χ3n) is 5.54. The summed E-state index contributed by atoms with van der Waals surface area (Å²) in [4.78, 5) is 31.5. The van der Waals surface area contributed by atoms with E-state index in [2.05, 4.69) is 9.72 Å². The molecule has 9 nitrogen and oxygen atoms in total. The number of rotatable bonds is 9. The number of benzene rings is 2. The zero-order chi connectivity index (χ0) is 26.7. The van der Waals surface area contributed by atoms with Crippen LogP contribution in [0.25, 0.3) is 0 Å². The van der Waals surface area contributed by atoms with Crippen LogP contribution in [0, 0.1) is 0 Å². The molecule has 1 atom stereocenters. The van der Waals surface area contributed by atoms with Gasteiger partial charge < -0.3 is 24.3 Å². The van der Waals surface area contributed by atoms with Crippen molar-refractivity contribution in [2.75, 3.05) is 18.0 Å². The first kappa shape index (κ1) is 26.3. The van der Waals surface area contributed by atoms with Gasteiger partial charge in [0.25, 0.3) is 5.91 Å². The van der Waals surface area contributed by atoms with Gasteiger partial charge in [0.1, 0.15) is 17.8 Å².